The predicted molar refractivity (Wildman–Crippen MR) is 105 cm³/mol. The van der Waals surface area contributed by atoms with E-state index in [1.54, 1.807) is 30.3 Å². The second-order valence-corrected chi connectivity index (χ2v) is 8.33. The van der Waals surface area contributed by atoms with E-state index in [-0.39, 0.29) is 12.2 Å². The molecular formula is C19H19F3N4O3S. The molecule has 0 aliphatic rings. The number of sulfonamides is 1. The molecule has 1 aromatic carbocycles. The number of rotatable bonds is 7. The van der Waals surface area contributed by atoms with Gasteiger partial charge in [0.25, 0.3) is 0 Å². The second kappa shape index (κ2) is 8.44. The van der Waals surface area contributed by atoms with E-state index in [0.717, 1.165) is 17.9 Å². The van der Waals surface area contributed by atoms with Gasteiger partial charge in [-0.25, -0.2) is 22.8 Å². The van der Waals surface area contributed by atoms with E-state index in [0.29, 0.717) is 23.6 Å². The van der Waals surface area contributed by atoms with E-state index >= 15 is 0 Å². The zero-order chi connectivity index (χ0) is 21.9. The van der Waals surface area contributed by atoms with Crippen molar-refractivity contribution in [3.05, 3.63) is 59.9 Å². The Kier molecular flexibility index (Phi) is 6.13. The Balaban J connectivity index is 1.92. The molecule has 3 aromatic rings. The first-order chi connectivity index (χ1) is 14.1. The average molecular weight is 440 g/mol. The number of methoxy groups -OCH3 is 1. The largest absolute Gasteiger partial charge is 0.481 e. The highest BCUT2D eigenvalue weighted by Gasteiger charge is 2.35. The Morgan fingerprint density at radius 1 is 1.13 bits per heavy atom. The maximum Gasteiger partial charge on any atom is 0.435 e. The molecule has 1 N–H and O–H groups in total. The lowest BCUT2D eigenvalue weighted by Gasteiger charge is -2.09. The first-order valence-corrected chi connectivity index (χ1v) is 10.7. The Labute approximate surface area is 171 Å². The third-order valence-corrected chi connectivity index (χ3v) is 4.93. The maximum atomic E-state index is 13.3. The molecule has 2 heterocycles. The molecule has 0 spiro atoms. The van der Waals surface area contributed by atoms with Crippen LogP contribution in [-0.4, -0.2) is 43.1 Å². The second-order valence-electron chi connectivity index (χ2n) is 6.50. The molecule has 0 aliphatic heterocycles. The van der Waals surface area contributed by atoms with Crippen molar-refractivity contribution >= 4 is 10.0 Å². The molecule has 0 atom stereocenters. The van der Waals surface area contributed by atoms with Gasteiger partial charge in [0.05, 0.1) is 30.9 Å². The highest BCUT2D eigenvalue weighted by atomic mass is 32.2. The zero-order valence-corrected chi connectivity index (χ0v) is 17.0. The Morgan fingerprint density at radius 3 is 2.37 bits per heavy atom. The van der Waals surface area contributed by atoms with Crippen LogP contribution in [0.1, 0.15) is 11.3 Å². The lowest BCUT2D eigenvalue weighted by Crippen LogP contribution is -2.24. The molecule has 0 amide bonds. The van der Waals surface area contributed by atoms with Crippen LogP contribution in [0.3, 0.4) is 0 Å². The van der Waals surface area contributed by atoms with Crippen molar-refractivity contribution in [3.63, 3.8) is 0 Å². The SMILES string of the molecule is COc1ccc(-n2nc(C(F)(F)F)cc2-c2ccc(CCNS(C)(=O)=O)cc2)cn1. The summed E-state index contributed by atoms with van der Waals surface area (Å²) in [6.45, 7) is 0.228. The number of nitrogens with one attached hydrogen (secondary N) is 1. The summed E-state index contributed by atoms with van der Waals surface area (Å²) < 4.78 is 70.6. The number of benzene rings is 1. The normalized spacial score (nSPS) is 12.2. The van der Waals surface area contributed by atoms with E-state index in [1.165, 1.54) is 24.1 Å². The van der Waals surface area contributed by atoms with Crippen LogP contribution in [0.2, 0.25) is 0 Å². The van der Waals surface area contributed by atoms with Crippen molar-refractivity contribution in [1.29, 1.82) is 0 Å². The number of hydrogen-bond acceptors (Lipinski definition) is 5. The quantitative estimate of drug-likeness (QED) is 0.610. The molecule has 0 fully saturated rings. The molecule has 11 heteroatoms. The minimum Gasteiger partial charge on any atom is -0.481 e. The number of hydrogen-bond donors (Lipinski definition) is 1. The van der Waals surface area contributed by atoms with Gasteiger partial charge in [-0.05, 0) is 24.1 Å². The van der Waals surface area contributed by atoms with Crippen molar-refractivity contribution in [2.24, 2.45) is 0 Å². The van der Waals surface area contributed by atoms with Crippen molar-refractivity contribution in [1.82, 2.24) is 19.5 Å². The molecule has 0 bridgehead atoms. The van der Waals surface area contributed by atoms with Crippen LogP contribution >= 0.6 is 0 Å². The van der Waals surface area contributed by atoms with Gasteiger partial charge in [-0.1, -0.05) is 24.3 Å². The molecule has 0 unspecified atom stereocenters. The molecular weight excluding hydrogens is 421 g/mol. The number of nitrogens with zero attached hydrogens (tertiary/aromatic N) is 3. The minimum atomic E-state index is -4.60. The van der Waals surface area contributed by atoms with Gasteiger partial charge < -0.3 is 4.74 Å². The average Bonchev–Trinajstić information content (AvgIpc) is 3.13. The molecule has 0 saturated carbocycles. The van der Waals surface area contributed by atoms with Crippen molar-refractivity contribution in [3.8, 4) is 22.8 Å². The predicted octanol–water partition coefficient (Wildman–Crippen LogP) is 3.05. The molecule has 0 saturated heterocycles. The maximum absolute atomic E-state index is 13.3. The van der Waals surface area contributed by atoms with Crippen molar-refractivity contribution in [2.45, 2.75) is 12.6 Å². The van der Waals surface area contributed by atoms with Crippen LogP contribution in [0.4, 0.5) is 13.2 Å². The first kappa shape index (κ1) is 21.8. The van der Waals surface area contributed by atoms with Crippen molar-refractivity contribution < 1.29 is 26.3 Å². The molecule has 160 valence electrons. The van der Waals surface area contributed by atoms with Gasteiger partial charge in [0, 0.05) is 18.2 Å². The number of halogens is 3. The summed E-state index contributed by atoms with van der Waals surface area (Å²) in [7, 11) is -1.84. The van der Waals surface area contributed by atoms with Crippen LogP contribution in [0.5, 0.6) is 5.88 Å². The van der Waals surface area contributed by atoms with E-state index in [9.17, 15) is 21.6 Å². The highest BCUT2D eigenvalue weighted by Crippen LogP contribution is 2.33. The van der Waals surface area contributed by atoms with Gasteiger partial charge in [-0.3, -0.25) is 0 Å². The minimum absolute atomic E-state index is 0.228. The van der Waals surface area contributed by atoms with Crippen LogP contribution in [0, 0.1) is 0 Å². The molecule has 30 heavy (non-hydrogen) atoms. The van der Waals surface area contributed by atoms with Gasteiger partial charge >= 0.3 is 6.18 Å². The van der Waals surface area contributed by atoms with Crippen LogP contribution in [0.25, 0.3) is 16.9 Å². The monoisotopic (exact) mass is 440 g/mol. The van der Waals surface area contributed by atoms with Crippen molar-refractivity contribution in [2.75, 3.05) is 19.9 Å². The van der Waals surface area contributed by atoms with E-state index in [4.69, 9.17) is 4.74 Å². The Morgan fingerprint density at radius 2 is 1.83 bits per heavy atom. The number of alkyl halides is 3. The fourth-order valence-corrected chi connectivity index (χ4v) is 3.24. The summed E-state index contributed by atoms with van der Waals surface area (Å²) in [4.78, 5) is 4.03. The molecule has 7 nitrogen and oxygen atoms in total. The molecule has 3 rings (SSSR count). The van der Waals surface area contributed by atoms with Gasteiger partial charge in [-0.2, -0.15) is 18.3 Å². The lowest BCUT2D eigenvalue weighted by molar-refractivity contribution is -0.141. The molecule has 0 aliphatic carbocycles. The summed E-state index contributed by atoms with van der Waals surface area (Å²) in [6.07, 6.45) is -1.70. The standard InChI is InChI=1S/C19H19F3N4O3S/c1-29-18-8-7-15(12-23-18)26-16(11-17(25-26)19(20,21)22)14-5-3-13(4-6-14)9-10-24-30(2,27)28/h3-8,11-12,24H,9-10H2,1-2H3. The van der Waals surface area contributed by atoms with Gasteiger partial charge in [0.1, 0.15) is 0 Å². The molecule has 2 aromatic heterocycles. The topological polar surface area (TPSA) is 86.1 Å². The summed E-state index contributed by atoms with van der Waals surface area (Å²) in [6, 6.07) is 10.9. The Bertz CT molecular complexity index is 1110. The number of ether oxygens (including phenoxy) is 1. The highest BCUT2D eigenvalue weighted by molar-refractivity contribution is 7.88. The third kappa shape index (κ3) is 5.36. The van der Waals surface area contributed by atoms with Gasteiger partial charge in [0.2, 0.25) is 15.9 Å². The number of aromatic nitrogens is 3. The van der Waals surface area contributed by atoms with E-state index in [1.807, 2.05) is 0 Å². The Hall–Kier alpha value is -2.92. The van der Waals surface area contributed by atoms with Crippen LogP contribution in [-0.2, 0) is 22.6 Å². The van der Waals surface area contributed by atoms with Crippen LogP contribution < -0.4 is 9.46 Å². The fourth-order valence-electron chi connectivity index (χ4n) is 2.76. The zero-order valence-electron chi connectivity index (χ0n) is 16.1. The molecule has 0 radical (unpaired) electrons. The smallest absolute Gasteiger partial charge is 0.435 e. The van der Waals surface area contributed by atoms with Gasteiger partial charge in [0.15, 0.2) is 5.69 Å². The summed E-state index contributed by atoms with van der Waals surface area (Å²) in [5.74, 6) is 0.329. The van der Waals surface area contributed by atoms with Gasteiger partial charge in [-0.15, -0.1) is 0 Å². The summed E-state index contributed by atoms with van der Waals surface area (Å²) in [5.41, 5.74) is 0.935. The first-order valence-electron chi connectivity index (χ1n) is 8.78. The summed E-state index contributed by atoms with van der Waals surface area (Å²) in [5, 5.41) is 3.72. The van der Waals surface area contributed by atoms with Crippen LogP contribution in [0.15, 0.2) is 48.7 Å². The van der Waals surface area contributed by atoms with E-state index in [2.05, 4.69) is 14.8 Å². The lowest BCUT2D eigenvalue weighted by atomic mass is 10.1. The van der Waals surface area contributed by atoms with E-state index < -0.39 is 21.9 Å². The summed E-state index contributed by atoms with van der Waals surface area (Å²) >= 11 is 0. The number of pyridine rings is 1. The fraction of sp³-hybridized carbons (Fsp3) is 0.263. The third-order valence-electron chi connectivity index (χ3n) is 4.20.